The first-order valence-electron chi connectivity index (χ1n) is 9.29. The highest BCUT2D eigenvalue weighted by Gasteiger charge is 2.39. The normalized spacial score (nSPS) is 17.1. The number of hydrogen-bond acceptors (Lipinski definition) is 5. The molecule has 27 heavy (non-hydrogen) atoms. The van der Waals surface area contributed by atoms with Crippen LogP contribution in [0.25, 0.3) is 17.0 Å². The van der Waals surface area contributed by atoms with Crippen molar-refractivity contribution in [2.45, 2.75) is 45.6 Å². The maximum Gasteiger partial charge on any atom is 0.315 e. The number of benzene rings is 1. The number of nitrogens with zero attached hydrogens (tertiary/aromatic N) is 1. The monoisotopic (exact) mass is 367 g/mol. The molecule has 142 valence electrons. The molecule has 3 rings (SSSR count). The molecule has 5 heteroatoms. The summed E-state index contributed by atoms with van der Waals surface area (Å²) in [5, 5.41) is 1.01. The van der Waals surface area contributed by atoms with Crippen LogP contribution in [0.5, 0.6) is 0 Å². The van der Waals surface area contributed by atoms with Gasteiger partial charge in [-0.2, -0.15) is 0 Å². The molecule has 2 aromatic rings. The average molecular weight is 367 g/mol. The third-order valence-corrected chi connectivity index (χ3v) is 5.18. The second-order valence-corrected chi connectivity index (χ2v) is 7.13. The van der Waals surface area contributed by atoms with E-state index in [1.165, 1.54) is 14.0 Å². The summed E-state index contributed by atoms with van der Waals surface area (Å²) in [5.41, 5.74) is 2.00. The Bertz CT molecular complexity index is 881. The highest BCUT2D eigenvalue weighted by molar-refractivity contribution is 5.83. The number of pyridine rings is 1. The Morgan fingerprint density at radius 1 is 1.19 bits per heavy atom. The van der Waals surface area contributed by atoms with Crippen LogP contribution in [0.2, 0.25) is 0 Å². The Kier molecular flexibility index (Phi) is 5.59. The van der Waals surface area contributed by atoms with Gasteiger partial charge in [0.1, 0.15) is 6.10 Å². The molecule has 1 aliphatic rings. The van der Waals surface area contributed by atoms with Gasteiger partial charge in [-0.05, 0) is 37.5 Å². The van der Waals surface area contributed by atoms with Crippen LogP contribution >= 0.6 is 0 Å². The van der Waals surface area contributed by atoms with Gasteiger partial charge in [-0.3, -0.25) is 9.59 Å². The van der Waals surface area contributed by atoms with Gasteiger partial charge >= 0.3 is 11.9 Å². The second-order valence-electron chi connectivity index (χ2n) is 7.13. The van der Waals surface area contributed by atoms with Gasteiger partial charge in [-0.1, -0.05) is 43.2 Å². The van der Waals surface area contributed by atoms with Crippen LogP contribution in [-0.2, 0) is 19.1 Å². The minimum absolute atomic E-state index is 0.160. The Morgan fingerprint density at radius 2 is 1.89 bits per heavy atom. The van der Waals surface area contributed by atoms with Gasteiger partial charge in [-0.25, -0.2) is 4.98 Å². The van der Waals surface area contributed by atoms with Crippen molar-refractivity contribution in [1.29, 1.82) is 0 Å². The molecule has 1 saturated carbocycles. The average Bonchev–Trinajstić information content (AvgIpc) is 3.14. The summed E-state index contributed by atoms with van der Waals surface area (Å²) in [4.78, 5) is 28.1. The van der Waals surface area contributed by atoms with Crippen molar-refractivity contribution in [3.63, 3.8) is 0 Å². The third-order valence-electron chi connectivity index (χ3n) is 5.18. The fourth-order valence-electron chi connectivity index (χ4n) is 3.69. The van der Waals surface area contributed by atoms with E-state index in [1.807, 2.05) is 42.5 Å². The van der Waals surface area contributed by atoms with Gasteiger partial charge in [0.05, 0.1) is 23.7 Å². The number of aromatic nitrogens is 1. The number of rotatable bonds is 5. The van der Waals surface area contributed by atoms with Crippen LogP contribution in [-0.4, -0.2) is 24.0 Å². The summed E-state index contributed by atoms with van der Waals surface area (Å²) in [6.07, 6.45) is 7.29. The molecule has 0 saturated heterocycles. The molecule has 1 fully saturated rings. The SMILES string of the molecule is COC(=O)C1(C=Cc2ccc3ccc([C@@H](C)OC(C)=O)nc3c2)CCCC1. The van der Waals surface area contributed by atoms with Gasteiger partial charge in [0.15, 0.2) is 0 Å². The summed E-state index contributed by atoms with van der Waals surface area (Å²) in [7, 11) is 1.45. The zero-order valence-electron chi connectivity index (χ0n) is 16.0. The van der Waals surface area contributed by atoms with Crippen LogP contribution in [0, 0.1) is 5.41 Å². The minimum atomic E-state index is -0.511. The molecule has 0 aliphatic heterocycles. The fourth-order valence-corrected chi connectivity index (χ4v) is 3.69. The van der Waals surface area contributed by atoms with E-state index in [4.69, 9.17) is 9.47 Å². The Labute approximate surface area is 159 Å². The molecule has 1 aliphatic carbocycles. The number of fused-ring (bicyclic) bond motifs is 1. The molecule has 1 heterocycles. The van der Waals surface area contributed by atoms with Crippen LogP contribution in [0.1, 0.15) is 56.9 Å². The molecule has 0 unspecified atom stereocenters. The van der Waals surface area contributed by atoms with Crippen molar-refractivity contribution in [2.75, 3.05) is 7.11 Å². The van der Waals surface area contributed by atoms with E-state index in [1.54, 1.807) is 6.92 Å². The first kappa shape index (κ1) is 19.1. The van der Waals surface area contributed by atoms with E-state index >= 15 is 0 Å². The van der Waals surface area contributed by atoms with Gasteiger partial charge < -0.3 is 9.47 Å². The Hall–Kier alpha value is -2.69. The zero-order chi connectivity index (χ0) is 19.4. The number of carbonyl (C=O) groups is 2. The predicted octanol–water partition coefficient (Wildman–Crippen LogP) is 4.61. The topological polar surface area (TPSA) is 65.5 Å². The third kappa shape index (κ3) is 4.18. The number of methoxy groups -OCH3 is 1. The standard InChI is InChI=1S/C22H25NO4/c1-15(27-16(2)24)19-9-8-18-7-6-17(14-20(18)23-19)10-13-22(21(25)26-3)11-4-5-12-22/h6-10,13-15H,4-5,11-12H2,1-3H3/t15-/m1/s1. The highest BCUT2D eigenvalue weighted by Crippen LogP contribution is 2.41. The minimum Gasteiger partial charge on any atom is -0.468 e. The molecule has 5 nitrogen and oxygen atoms in total. The van der Waals surface area contributed by atoms with Crippen molar-refractivity contribution in [3.8, 4) is 0 Å². The molecular weight excluding hydrogens is 342 g/mol. The van der Waals surface area contributed by atoms with E-state index in [-0.39, 0.29) is 11.9 Å². The van der Waals surface area contributed by atoms with E-state index in [9.17, 15) is 9.59 Å². The molecular formula is C22H25NO4. The lowest BCUT2D eigenvalue weighted by atomic mass is 9.85. The van der Waals surface area contributed by atoms with E-state index < -0.39 is 11.5 Å². The second kappa shape index (κ2) is 7.91. The van der Waals surface area contributed by atoms with Gasteiger partial charge in [0.25, 0.3) is 0 Å². The number of carbonyl (C=O) groups excluding carboxylic acids is 2. The quantitative estimate of drug-likeness (QED) is 0.722. The van der Waals surface area contributed by atoms with Crippen LogP contribution in [0.15, 0.2) is 36.4 Å². The number of esters is 2. The zero-order valence-corrected chi connectivity index (χ0v) is 16.0. The lowest BCUT2D eigenvalue weighted by molar-refractivity contribution is -0.149. The number of hydrogen-bond donors (Lipinski definition) is 0. The summed E-state index contributed by atoms with van der Waals surface area (Å²) >= 11 is 0. The van der Waals surface area contributed by atoms with Crippen LogP contribution in [0.3, 0.4) is 0 Å². The lowest BCUT2D eigenvalue weighted by Gasteiger charge is -2.21. The largest absolute Gasteiger partial charge is 0.468 e. The van der Waals surface area contributed by atoms with E-state index in [2.05, 4.69) is 4.98 Å². The number of ether oxygens (including phenoxy) is 2. The van der Waals surface area contributed by atoms with Crippen molar-refractivity contribution in [3.05, 3.63) is 47.7 Å². The van der Waals surface area contributed by atoms with E-state index in [0.29, 0.717) is 5.69 Å². The van der Waals surface area contributed by atoms with Crippen molar-refractivity contribution < 1.29 is 19.1 Å². The Balaban J connectivity index is 1.89. The summed E-state index contributed by atoms with van der Waals surface area (Å²) in [6, 6.07) is 9.83. The van der Waals surface area contributed by atoms with Crippen LogP contribution in [0.4, 0.5) is 0 Å². The molecule has 0 N–H and O–H groups in total. The van der Waals surface area contributed by atoms with Gasteiger partial charge in [0.2, 0.25) is 0 Å². The first-order chi connectivity index (χ1) is 12.9. The molecule has 0 amide bonds. The molecule has 1 aromatic heterocycles. The van der Waals surface area contributed by atoms with Crippen molar-refractivity contribution >= 4 is 28.9 Å². The van der Waals surface area contributed by atoms with Gasteiger partial charge in [0, 0.05) is 12.3 Å². The van der Waals surface area contributed by atoms with E-state index in [0.717, 1.165) is 42.1 Å². The first-order valence-corrected chi connectivity index (χ1v) is 9.29. The lowest BCUT2D eigenvalue weighted by Crippen LogP contribution is -2.26. The summed E-state index contributed by atoms with van der Waals surface area (Å²) < 4.78 is 10.2. The highest BCUT2D eigenvalue weighted by atomic mass is 16.5. The molecule has 0 bridgehead atoms. The Morgan fingerprint density at radius 3 is 2.56 bits per heavy atom. The fraction of sp³-hybridized carbons (Fsp3) is 0.409. The van der Waals surface area contributed by atoms with Crippen molar-refractivity contribution in [2.24, 2.45) is 5.41 Å². The van der Waals surface area contributed by atoms with Gasteiger partial charge in [-0.15, -0.1) is 0 Å². The summed E-state index contributed by atoms with van der Waals surface area (Å²) in [6.45, 7) is 3.19. The summed E-state index contributed by atoms with van der Waals surface area (Å²) in [5.74, 6) is -0.488. The molecule has 1 aromatic carbocycles. The maximum atomic E-state index is 12.3. The molecule has 1 atom stereocenters. The van der Waals surface area contributed by atoms with Crippen molar-refractivity contribution in [1.82, 2.24) is 4.98 Å². The van der Waals surface area contributed by atoms with Crippen LogP contribution < -0.4 is 0 Å². The molecule has 0 spiro atoms. The smallest absolute Gasteiger partial charge is 0.315 e. The molecule has 0 radical (unpaired) electrons. The maximum absolute atomic E-state index is 12.3. The predicted molar refractivity (Wildman–Crippen MR) is 104 cm³/mol.